The molecule has 0 aromatic heterocycles. The number of rotatable bonds is 10. The van der Waals surface area contributed by atoms with E-state index in [0.717, 1.165) is 24.8 Å². The number of aliphatic hydroxyl groups excluding tert-OH is 1. The summed E-state index contributed by atoms with van der Waals surface area (Å²) < 4.78 is 5.16. The monoisotopic (exact) mass is 293 g/mol. The Balaban J connectivity index is 2.71. The number of ether oxygens (including phenoxy) is 1. The van der Waals surface area contributed by atoms with Crippen LogP contribution >= 0.6 is 0 Å². The van der Waals surface area contributed by atoms with E-state index in [2.05, 4.69) is 12.2 Å². The van der Waals surface area contributed by atoms with Gasteiger partial charge in [-0.3, -0.25) is 0 Å². The molecule has 0 heterocycles. The van der Waals surface area contributed by atoms with Crippen molar-refractivity contribution in [1.29, 1.82) is 0 Å². The summed E-state index contributed by atoms with van der Waals surface area (Å²) in [5.74, 6) is 0.128. The summed E-state index contributed by atoms with van der Waals surface area (Å²) in [5.41, 5.74) is 0.912. The van der Waals surface area contributed by atoms with Crippen molar-refractivity contribution < 1.29 is 14.6 Å². The molecular weight excluding hydrogens is 266 g/mol. The Hall–Kier alpha value is -1.39. The van der Waals surface area contributed by atoms with Gasteiger partial charge in [0.2, 0.25) is 0 Å². The Kier molecular flexibility index (Phi) is 8.71. The highest BCUT2D eigenvalue weighted by atomic mass is 16.5. The lowest BCUT2D eigenvalue weighted by atomic mass is 9.99. The molecule has 0 aliphatic heterocycles. The van der Waals surface area contributed by atoms with Crippen LogP contribution in [0.3, 0.4) is 0 Å². The number of hydrogen-bond acceptors (Lipinski definition) is 4. The van der Waals surface area contributed by atoms with Crippen LogP contribution in [0.5, 0.6) is 0 Å². The molecule has 0 aliphatic rings. The Labute approximate surface area is 127 Å². The smallest absolute Gasteiger partial charge is 0.327 e. The zero-order chi connectivity index (χ0) is 15.5. The molecule has 21 heavy (non-hydrogen) atoms. The normalized spacial score (nSPS) is 13.7. The van der Waals surface area contributed by atoms with Gasteiger partial charge >= 0.3 is 5.97 Å². The molecule has 4 nitrogen and oxygen atoms in total. The molecule has 0 saturated heterocycles. The average molecular weight is 293 g/mol. The first-order valence-corrected chi connectivity index (χ1v) is 7.78. The van der Waals surface area contributed by atoms with Gasteiger partial charge in [0.1, 0.15) is 6.04 Å². The molecule has 0 bridgehead atoms. The summed E-state index contributed by atoms with van der Waals surface area (Å²) in [5, 5.41) is 12.4. The molecule has 0 radical (unpaired) electrons. The summed E-state index contributed by atoms with van der Waals surface area (Å²) in [4.78, 5) is 12.1. The van der Waals surface area contributed by atoms with Crippen molar-refractivity contribution >= 4 is 5.97 Å². The van der Waals surface area contributed by atoms with E-state index in [1.165, 1.54) is 0 Å². The van der Waals surface area contributed by atoms with E-state index in [4.69, 9.17) is 9.84 Å². The fraction of sp³-hybridized carbons (Fsp3) is 0.588. The van der Waals surface area contributed by atoms with Gasteiger partial charge in [-0.1, -0.05) is 43.7 Å². The van der Waals surface area contributed by atoms with Crippen LogP contribution in [0.2, 0.25) is 0 Å². The summed E-state index contributed by atoms with van der Waals surface area (Å²) in [6.45, 7) is 5.20. The molecule has 118 valence electrons. The van der Waals surface area contributed by atoms with E-state index >= 15 is 0 Å². The second-order valence-corrected chi connectivity index (χ2v) is 5.17. The van der Waals surface area contributed by atoms with Crippen molar-refractivity contribution in [2.24, 2.45) is 5.92 Å². The first-order valence-electron chi connectivity index (χ1n) is 7.78. The quantitative estimate of drug-likeness (QED) is 0.651. The van der Waals surface area contributed by atoms with Gasteiger partial charge < -0.3 is 15.2 Å². The molecule has 2 atom stereocenters. The van der Waals surface area contributed by atoms with Gasteiger partial charge in [0.15, 0.2) is 0 Å². The number of carbonyl (C=O) groups excluding carboxylic acids is 1. The van der Waals surface area contributed by atoms with E-state index in [1.54, 1.807) is 0 Å². The molecule has 1 rings (SSSR count). The molecule has 0 amide bonds. The van der Waals surface area contributed by atoms with Gasteiger partial charge in [-0.05, 0) is 37.8 Å². The Morgan fingerprint density at radius 1 is 1.24 bits per heavy atom. The third kappa shape index (κ3) is 6.27. The van der Waals surface area contributed by atoms with E-state index < -0.39 is 6.04 Å². The van der Waals surface area contributed by atoms with Gasteiger partial charge in [0.25, 0.3) is 0 Å². The summed E-state index contributed by atoms with van der Waals surface area (Å²) in [7, 11) is 0. The second-order valence-electron chi connectivity index (χ2n) is 5.17. The minimum Gasteiger partial charge on any atom is -0.465 e. The van der Waals surface area contributed by atoms with Crippen LogP contribution in [0.15, 0.2) is 30.3 Å². The number of aliphatic hydroxyl groups is 1. The molecular formula is C17H27NO3. The van der Waals surface area contributed by atoms with Crippen LogP contribution in [-0.2, 0) is 9.53 Å². The number of benzene rings is 1. The molecule has 1 aromatic carbocycles. The average Bonchev–Trinajstić information content (AvgIpc) is 2.49. The Morgan fingerprint density at radius 2 is 1.95 bits per heavy atom. The Morgan fingerprint density at radius 3 is 2.52 bits per heavy atom. The van der Waals surface area contributed by atoms with Gasteiger partial charge in [-0.15, -0.1) is 0 Å². The molecule has 1 aromatic rings. The Bertz CT molecular complexity index is 388. The van der Waals surface area contributed by atoms with Crippen molar-refractivity contribution in [3.8, 4) is 0 Å². The molecule has 0 spiro atoms. The number of esters is 1. The summed E-state index contributed by atoms with van der Waals surface area (Å²) >= 11 is 0. The molecule has 0 aliphatic carbocycles. The van der Waals surface area contributed by atoms with E-state index in [0.29, 0.717) is 19.1 Å². The van der Waals surface area contributed by atoms with Crippen LogP contribution in [0, 0.1) is 5.92 Å². The minimum absolute atomic E-state index is 0.182. The van der Waals surface area contributed by atoms with Crippen LogP contribution in [-0.4, -0.2) is 30.8 Å². The minimum atomic E-state index is -0.441. The third-order valence-electron chi connectivity index (χ3n) is 3.50. The lowest BCUT2D eigenvalue weighted by molar-refractivity contribution is -0.145. The maximum absolute atomic E-state index is 12.1. The van der Waals surface area contributed by atoms with Gasteiger partial charge in [-0.25, -0.2) is 4.79 Å². The van der Waals surface area contributed by atoms with Crippen LogP contribution in [0.25, 0.3) is 0 Å². The fourth-order valence-corrected chi connectivity index (χ4v) is 2.43. The third-order valence-corrected chi connectivity index (χ3v) is 3.50. The summed E-state index contributed by atoms with van der Waals surface area (Å²) in [6.07, 6.45) is 2.87. The van der Waals surface area contributed by atoms with E-state index in [9.17, 15) is 4.79 Å². The highest BCUT2D eigenvalue weighted by molar-refractivity contribution is 5.77. The SMILES string of the molecule is CCCC(CCO)CNC(C(=O)OCC)c1ccccc1. The van der Waals surface area contributed by atoms with Crippen LogP contribution < -0.4 is 5.32 Å². The number of hydrogen-bond donors (Lipinski definition) is 2. The van der Waals surface area contributed by atoms with Gasteiger partial charge in [0, 0.05) is 6.61 Å². The van der Waals surface area contributed by atoms with Crippen molar-refractivity contribution in [3.05, 3.63) is 35.9 Å². The standard InChI is InChI=1S/C17H27NO3/c1-3-8-14(11-12-19)13-18-16(17(20)21-4-2)15-9-6-5-7-10-15/h5-7,9-10,14,16,18-19H,3-4,8,11-13H2,1-2H3. The first-order chi connectivity index (χ1) is 10.2. The predicted octanol–water partition coefficient (Wildman–Crippen LogP) is 2.68. The van der Waals surface area contributed by atoms with Gasteiger partial charge in [0.05, 0.1) is 6.61 Å². The molecule has 0 fully saturated rings. The summed E-state index contributed by atoms with van der Waals surface area (Å²) in [6, 6.07) is 9.17. The van der Waals surface area contributed by atoms with E-state index in [-0.39, 0.29) is 12.6 Å². The zero-order valence-electron chi connectivity index (χ0n) is 13.0. The molecule has 4 heteroatoms. The highest BCUT2D eigenvalue weighted by Crippen LogP contribution is 2.17. The van der Waals surface area contributed by atoms with Crippen molar-refractivity contribution in [2.45, 2.75) is 39.2 Å². The lowest BCUT2D eigenvalue weighted by Gasteiger charge is -2.21. The van der Waals surface area contributed by atoms with Crippen molar-refractivity contribution in [1.82, 2.24) is 5.32 Å². The maximum atomic E-state index is 12.1. The predicted molar refractivity (Wildman–Crippen MR) is 83.9 cm³/mol. The second kappa shape index (κ2) is 10.4. The highest BCUT2D eigenvalue weighted by Gasteiger charge is 2.22. The fourth-order valence-electron chi connectivity index (χ4n) is 2.43. The topological polar surface area (TPSA) is 58.6 Å². The number of nitrogens with one attached hydrogen (secondary N) is 1. The van der Waals surface area contributed by atoms with Crippen LogP contribution in [0.1, 0.15) is 44.7 Å². The van der Waals surface area contributed by atoms with Crippen LogP contribution in [0.4, 0.5) is 0 Å². The molecule has 2 unspecified atom stereocenters. The number of carbonyl (C=O) groups is 1. The van der Waals surface area contributed by atoms with Crippen molar-refractivity contribution in [2.75, 3.05) is 19.8 Å². The first kappa shape index (κ1) is 17.7. The van der Waals surface area contributed by atoms with Gasteiger partial charge in [-0.2, -0.15) is 0 Å². The molecule has 0 saturated carbocycles. The van der Waals surface area contributed by atoms with Crippen molar-refractivity contribution in [3.63, 3.8) is 0 Å². The van der Waals surface area contributed by atoms with E-state index in [1.807, 2.05) is 37.3 Å². The zero-order valence-corrected chi connectivity index (χ0v) is 13.0. The molecule has 2 N–H and O–H groups in total. The maximum Gasteiger partial charge on any atom is 0.327 e. The lowest BCUT2D eigenvalue weighted by Crippen LogP contribution is -2.34. The largest absolute Gasteiger partial charge is 0.465 e.